The molecule has 0 fully saturated rings. The molecule has 1 nitrogen and oxygen atoms in total. The van der Waals surface area contributed by atoms with E-state index in [2.05, 4.69) is 15.9 Å². The van der Waals surface area contributed by atoms with Crippen molar-refractivity contribution in [3.05, 3.63) is 63.9 Å². The Kier molecular flexibility index (Phi) is 4.83. The Bertz CT molecular complexity index is 574. The molecule has 100 valence electrons. The van der Waals surface area contributed by atoms with Crippen LogP contribution in [0.15, 0.2) is 46.9 Å². The van der Waals surface area contributed by atoms with E-state index in [9.17, 15) is 4.39 Å². The third-order valence-electron chi connectivity index (χ3n) is 2.85. The molecule has 2 aromatic carbocycles. The summed E-state index contributed by atoms with van der Waals surface area (Å²) in [6.07, 6.45) is 0.574. The van der Waals surface area contributed by atoms with Gasteiger partial charge in [-0.1, -0.05) is 34.1 Å². The summed E-state index contributed by atoms with van der Waals surface area (Å²) in [4.78, 5) is 0. The molecule has 0 aliphatic heterocycles. The van der Waals surface area contributed by atoms with Crippen molar-refractivity contribution in [2.45, 2.75) is 11.8 Å². The van der Waals surface area contributed by atoms with Gasteiger partial charge in [0.1, 0.15) is 11.6 Å². The minimum Gasteiger partial charge on any atom is -0.497 e. The standard InChI is InChI=1S/C15H13BrClFO/c1-19-12-5-6-13(15(18)9-12)14(17)8-10-3-2-4-11(16)7-10/h2-7,9,14H,8H2,1H3. The summed E-state index contributed by atoms with van der Waals surface area (Å²) in [7, 11) is 1.51. The van der Waals surface area contributed by atoms with Crippen LogP contribution in [0.1, 0.15) is 16.5 Å². The van der Waals surface area contributed by atoms with Gasteiger partial charge in [0, 0.05) is 16.1 Å². The average Bonchev–Trinajstić information content (AvgIpc) is 2.38. The van der Waals surface area contributed by atoms with E-state index in [-0.39, 0.29) is 5.82 Å². The van der Waals surface area contributed by atoms with Gasteiger partial charge in [-0.15, -0.1) is 11.6 Å². The van der Waals surface area contributed by atoms with E-state index >= 15 is 0 Å². The van der Waals surface area contributed by atoms with Crippen molar-refractivity contribution in [2.24, 2.45) is 0 Å². The molecule has 0 aromatic heterocycles. The maximum Gasteiger partial charge on any atom is 0.131 e. The van der Waals surface area contributed by atoms with Gasteiger partial charge in [-0.25, -0.2) is 4.39 Å². The first-order chi connectivity index (χ1) is 9.10. The van der Waals surface area contributed by atoms with Crippen molar-refractivity contribution in [3.8, 4) is 5.75 Å². The fourth-order valence-corrected chi connectivity index (χ4v) is 2.67. The van der Waals surface area contributed by atoms with Crippen LogP contribution in [0.2, 0.25) is 0 Å². The van der Waals surface area contributed by atoms with E-state index in [0.29, 0.717) is 17.7 Å². The zero-order valence-corrected chi connectivity index (χ0v) is 12.7. The maximum atomic E-state index is 13.9. The second-order valence-electron chi connectivity index (χ2n) is 4.19. The van der Waals surface area contributed by atoms with Crippen LogP contribution in [0.3, 0.4) is 0 Å². The lowest BCUT2D eigenvalue weighted by molar-refractivity contribution is 0.410. The van der Waals surface area contributed by atoms with Crippen molar-refractivity contribution in [2.75, 3.05) is 7.11 Å². The minimum absolute atomic E-state index is 0.339. The van der Waals surface area contributed by atoms with Gasteiger partial charge in [0.15, 0.2) is 0 Å². The molecule has 4 heteroatoms. The lowest BCUT2D eigenvalue weighted by Crippen LogP contribution is -1.99. The molecular formula is C15H13BrClFO. The van der Waals surface area contributed by atoms with Gasteiger partial charge in [-0.3, -0.25) is 0 Å². The third-order valence-corrected chi connectivity index (χ3v) is 3.73. The number of alkyl halides is 1. The summed E-state index contributed by atoms with van der Waals surface area (Å²) in [5, 5.41) is -0.403. The fraction of sp³-hybridized carbons (Fsp3) is 0.200. The lowest BCUT2D eigenvalue weighted by Gasteiger charge is -2.12. The second kappa shape index (κ2) is 6.40. The topological polar surface area (TPSA) is 9.23 Å². The monoisotopic (exact) mass is 342 g/mol. The molecule has 2 aromatic rings. The Morgan fingerprint density at radius 2 is 2.05 bits per heavy atom. The molecule has 0 heterocycles. The highest BCUT2D eigenvalue weighted by Crippen LogP contribution is 2.29. The van der Waals surface area contributed by atoms with E-state index in [0.717, 1.165) is 10.0 Å². The predicted octanol–water partition coefficient (Wildman–Crippen LogP) is 5.12. The molecule has 0 spiro atoms. The van der Waals surface area contributed by atoms with E-state index < -0.39 is 5.38 Å². The van der Waals surface area contributed by atoms with E-state index in [4.69, 9.17) is 16.3 Å². The summed E-state index contributed by atoms with van der Waals surface area (Å²) in [6, 6.07) is 12.6. The van der Waals surface area contributed by atoms with Crippen LogP contribution >= 0.6 is 27.5 Å². The predicted molar refractivity (Wildman–Crippen MR) is 79.4 cm³/mol. The second-order valence-corrected chi connectivity index (χ2v) is 5.63. The SMILES string of the molecule is COc1ccc(C(Cl)Cc2cccc(Br)c2)c(F)c1. The smallest absolute Gasteiger partial charge is 0.131 e. The number of rotatable bonds is 4. The largest absolute Gasteiger partial charge is 0.497 e. The highest BCUT2D eigenvalue weighted by molar-refractivity contribution is 9.10. The summed E-state index contributed by atoms with van der Waals surface area (Å²) in [5.74, 6) is 0.155. The van der Waals surface area contributed by atoms with E-state index in [1.807, 2.05) is 24.3 Å². The summed E-state index contributed by atoms with van der Waals surface area (Å²) < 4.78 is 19.9. The Morgan fingerprint density at radius 1 is 1.26 bits per heavy atom. The molecule has 0 radical (unpaired) electrons. The Morgan fingerprint density at radius 3 is 2.68 bits per heavy atom. The molecule has 2 rings (SSSR count). The van der Waals surface area contributed by atoms with Gasteiger partial charge in [-0.2, -0.15) is 0 Å². The first-order valence-electron chi connectivity index (χ1n) is 5.82. The van der Waals surface area contributed by atoms with Crippen molar-refractivity contribution in [3.63, 3.8) is 0 Å². The number of halogens is 3. The van der Waals surface area contributed by atoms with Crippen molar-refractivity contribution in [1.82, 2.24) is 0 Å². The molecule has 0 aliphatic carbocycles. The van der Waals surface area contributed by atoms with E-state index in [1.165, 1.54) is 13.2 Å². The van der Waals surface area contributed by atoms with Gasteiger partial charge in [0.2, 0.25) is 0 Å². The number of hydrogen-bond donors (Lipinski definition) is 0. The van der Waals surface area contributed by atoms with Crippen LogP contribution in [0.25, 0.3) is 0 Å². The molecule has 19 heavy (non-hydrogen) atoms. The Hall–Kier alpha value is -1.06. The number of ether oxygens (including phenoxy) is 1. The Balaban J connectivity index is 2.18. The summed E-state index contributed by atoms with van der Waals surface area (Å²) in [6.45, 7) is 0. The van der Waals surface area contributed by atoms with Gasteiger partial charge in [-0.05, 0) is 30.2 Å². The van der Waals surface area contributed by atoms with Gasteiger partial charge in [0.25, 0.3) is 0 Å². The average molecular weight is 344 g/mol. The number of benzene rings is 2. The van der Waals surface area contributed by atoms with Gasteiger partial charge in [0.05, 0.1) is 12.5 Å². The molecule has 0 N–H and O–H groups in total. The van der Waals surface area contributed by atoms with Crippen LogP contribution in [0.5, 0.6) is 5.75 Å². The van der Waals surface area contributed by atoms with Crippen LogP contribution in [-0.4, -0.2) is 7.11 Å². The zero-order chi connectivity index (χ0) is 13.8. The van der Waals surface area contributed by atoms with Gasteiger partial charge < -0.3 is 4.74 Å². The van der Waals surface area contributed by atoms with Crippen LogP contribution in [-0.2, 0) is 6.42 Å². The quantitative estimate of drug-likeness (QED) is 0.700. The first kappa shape index (κ1) is 14.4. The normalized spacial score (nSPS) is 12.2. The molecule has 0 amide bonds. The third kappa shape index (κ3) is 3.71. The number of methoxy groups -OCH3 is 1. The molecule has 1 atom stereocenters. The molecule has 0 saturated carbocycles. The maximum absolute atomic E-state index is 13.9. The highest BCUT2D eigenvalue weighted by Gasteiger charge is 2.14. The lowest BCUT2D eigenvalue weighted by atomic mass is 10.0. The van der Waals surface area contributed by atoms with Crippen LogP contribution in [0, 0.1) is 5.82 Å². The molecule has 0 saturated heterocycles. The highest BCUT2D eigenvalue weighted by atomic mass is 79.9. The molecular weight excluding hydrogens is 331 g/mol. The fourth-order valence-electron chi connectivity index (χ4n) is 1.87. The van der Waals surface area contributed by atoms with Crippen molar-refractivity contribution < 1.29 is 9.13 Å². The molecule has 0 aliphatic rings. The Labute approximate surface area is 125 Å². The first-order valence-corrected chi connectivity index (χ1v) is 7.05. The van der Waals surface area contributed by atoms with Crippen molar-refractivity contribution >= 4 is 27.5 Å². The summed E-state index contributed by atoms with van der Waals surface area (Å²) in [5.41, 5.74) is 1.55. The van der Waals surface area contributed by atoms with Gasteiger partial charge >= 0.3 is 0 Å². The molecule has 0 bridgehead atoms. The van der Waals surface area contributed by atoms with Crippen molar-refractivity contribution in [1.29, 1.82) is 0 Å². The summed E-state index contributed by atoms with van der Waals surface area (Å²) >= 11 is 9.71. The van der Waals surface area contributed by atoms with E-state index in [1.54, 1.807) is 12.1 Å². The number of hydrogen-bond acceptors (Lipinski definition) is 1. The minimum atomic E-state index is -0.403. The zero-order valence-electron chi connectivity index (χ0n) is 10.4. The molecule has 1 unspecified atom stereocenters. The van der Waals surface area contributed by atoms with Crippen LogP contribution in [0.4, 0.5) is 4.39 Å². The van der Waals surface area contributed by atoms with Crippen LogP contribution < -0.4 is 4.74 Å².